The number of anilines is 1. The molecule has 2 heterocycles. The van der Waals surface area contributed by atoms with E-state index in [0.717, 1.165) is 24.1 Å². The van der Waals surface area contributed by atoms with Crippen LogP contribution in [0.4, 0.5) is 10.1 Å². The minimum absolute atomic E-state index is 0.138. The van der Waals surface area contributed by atoms with E-state index in [9.17, 15) is 12.8 Å². The molecule has 0 fully saturated rings. The maximum atomic E-state index is 13.9. The zero-order valence-corrected chi connectivity index (χ0v) is 14.8. The third-order valence-electron chi connectivity index (χ3n) is 4.58. The summed E-state index contributed by atoms with van der Waals surface area (Å²) in [6.07, 6.45) is 4.37. The number of hydrogen-bond donors (Lipinski definition) is 2. The van der Waals surface area contributed by atoms with Crippen LogP contribution >= 0.6 is 0 Å². The number of hydrogen-bond acceptors (Lipinski definition) is 4. The lowest BCUT2D eigenvalue weighted by molar-refractivity contribution is 0.589. The number of nitrogens with two attached hydrogens (primary N) is 1. The van der Waals surface area contributed by atoms with Crippen LogP contribution < -0.4 is 11.1 Å². The quantitative estimate of drug-likeness (QED) is 0.694. The molecule has 1 aliphatic heterocycles. The van der Waals surface area contributed by atoms with Gasteiger partial charge in [-0.05, 0) is 61.0 Å². The van der Waals surface area contributed by atoms with Gasteiger partial charge in [-0.2, -0.15) is 0 Å². The Hall–Kier alpha value is -2.64. The molecule has 2 aromatic carbocycles. The first-order valence-corrected chi connectivity index (χ1v) is 9.73. The predicted octanol–water partition coefficient (Wildman–Crippen LogP) is 2.98. The molecule has 0 amide bonds. The first-order chi connectivity index (χ1) is 12.5. The first-order valence-electron chi connectivity index (χ1n) is 8.29. The van der Waals surface area contributed by atoms with Gasteiger partial charge < -0.3 is 11.1 Å². The summed E-state index contributed by atoms with van der Waals surface area (Å²) in [6.45, 7) is 1.51. The van der Waals surface area contributed by atoms with Crippen molar-refractivity contribution < 1.29 is 12.8 Å². The van der Waals surface area contributed by atoms with Crippen LogP contribution in [-0.2, 0) is 10.0 Å². The first kappa shape index (κ1) is 16.8. The van der Waals surface area contributed by atoms with Gasteiger partial charge in [-0.1, -0.05) is 6.08 Å². The average molecular weight is 371 g/mol. The molecule has 0 bridgehead atoms. The molecular formula is C19H18FN3O2S. The Bertz CT molecular complexity index is 1120. The Kier molecular flexibility index (Phi) is 4.05. The van der Waals surface area contributed by atoms with Gasteiger partial charge >= 0.3 is 0 Å². The highest BCUT2D eigenvalue weighted by atomic mass is 32.2. The van der Waals surface area contributed by atoms with Crippen molar-refractivity contribution in [3.8, 4) is 0 Å². The molecule has 0 saturated carbocycles. The van der Waals surface area contributed by atoms with E-state index in [1.165, 1.54) is 34.3 Å². The average Bonchev–Trinajstić information content (AvgIpc) is 3.02. The Morgan fingerprint density at radius 2 is 1.88 bits per heavy atom. The van der Waals surface area contributed by atoms with Gasteiger partial charge in [0, 0.05) is 29.4 Å². The molecule has 0 unspecified atom stereocenters. The Balaban J connectivity index is 1.96. The highest BCUT2D eigenvalue weighted by Gasteiger charge is 2.23. The minimum atomic E-state index is -3.82. The lowest BCUT2D eigenvalue weighted by Gasteiger charge is -2.13. The van der Waals surface area contributed by atoms with Crippen molar-refractivity contribution >= 4 is 32.2 Å². The Morgan fingerprint density at radius 1 is 1.12 bits per heavy atom. The fourth-order valence-electron chi connectivity index (χ4n) is 3.25. The standard InChI is InChI=1S/C19H18FN3O2S/c20-14-1-6-19-17(11-14)18(13-7-9-22-10-8-13)12-23(19)26(24,25)16-4-2-15(21)3-5-16/h1-7,11-12,22H,8-10,21H2. The van der Waals surface area contributed by atoms with E-state index < -0.39 is 15.8 Å². The molecule has 134 valence electrons. The van der Waals surface area contributed by atoms with E-state index in [4.69, 9.17) is 5.73 Å². The molecule has 3 aromatic rings. The van der Waals surface area contributed by atoms with E-state index in [1.807, 2.05) is 6.08 Å². The van der Waals surface area contributed by atoms with E-state index in [-0.39, 0.29) is 4.90 Å². The topological polar surface area (TPSA) is 77.1 Å². The highest BCUT2D eigenvalue weighted by Crippen LogP contribution is 2.33. The maximum absolute atomic E-state index is 13.9. The molecule has 4 rings (SSSR count). The lowest BCUT2D eigenvalue weighted by atomic mass is 10.00. The van der Waals surface area contributed by atoms with Crippen LogP contribution in [0.2, 0.25) is 0 Å². The fraction of sp³-hybridized carbons (Fsp3) is 0.158. The molecule has 5 nitrogen and oxygen atoms in total. The second-order valence-corrected chi connectivity index (χ2v) is 8.07. The van der Waals surface area contributed by atoms with Gasteiger partial charge in [0.1, 0.15) is 5.82 Å². The summed E-state index contributed by atoms with van der Waals surface area (Å²) in [4.78, 5) is 0.138. The molecular weight excluding hydrogens is 353 g/mol. The molecule has 0 saturated heterocycles. The highest BCUT2D eigenvalue weighted by molar-refractivity contribution is 7.90. The zero-order valence-electron chi connectivity index (χ0n) is 13.9. The van der Waals surface area contributed by atoms with Gasteiger partial charge in [0.15, 0.2) is 0 Å². The van der Waals surface area contributed by atoms with Gasteiger partial charge in [-0.25, -0.2) is 16.8 Å². The molecule has 3 N–H and O–H groups in total. The van der Waals surface area contributed by atoms with E-state index >= 15 is 0 Å². The fourth-order valence-corrected chi connectivity index (χ4v) is 4.62. The second-order valence-electron chi connectivity index (χ2n) is 6.26. The zero-order chi connectivity index (χ0) is 18.3. The van der Waals surface area contributed by atoms with Gasteiger partial charge in [0.05, 0.1) is 10.4 Å². The smallest absolute Gasteiger partial charge is 0.268 e. The SMILES string of the molecule is Nc1ccc(S(=O)(=O)n2cc(C3=CCNCC3)c3cc(F)ccc32)cc1. The van der Waals surface area contributed by atoms with Gasteiger partial charge in [0.2, 0.25) is 0 Å². The number of halogens is 1. The van der Waals surface area contributed by atoms with Crippen molar-refractivity contribution in [3.63, 3.8) is 0 Å². The van der Waals surface area contributed by atoms with Crippen LogP contribution in [0.1, 0.15) is 12.0 Å². The van der Waals surface area contributed by atoms with Crippen molar-refractivity contribution in [2.75, 3.05) is 18.8 Å². The van der Waals surface area contributed by atoms with E-state index in [2.05, 4.69) is 5.32 Å². The third-order valence-corrected chi connectivity index (χ3v) is 6.27. The molecule has 7 heteroatoms. The summed E-state index contributed by atoms with van der Waals surface area (Å²) in [5.74, 6) is -0.393. The lowest BCUT2D eigenvalue weighted by Crippen LogP contribution is -2.20. The van der Waals surface area contributed by atoms with E-state index in [0.29, 0.717) is 23.1 Å². The third kappa shape index (κ3) is 2.79. The summed E-state index contributed by atoms with van der Waals surface area (Å²) >= 11 is 0. The van der Waals surface area contributed by atoms with E-state index in [1.54, 1.807) is 18.3 Å². The minimum Gasteiger partial charge on any atom is -0.399 e. The number of benzene rings is 2. The van der Waals surface area contributed by atoms with Crippen LogP contribution in [0.5, 0.6) is 0 Å². The predicted molar refractivity (Wildman–Crippen MR) is 101 cm³/mol. The molecule has 26 heavy (non-hydrogen) atoms. The molecule has 0 aliphatic carbocycles. The maximum Gasteiger partial charge on any atom is 0.268 e. The van der Waals surface area contributed by atoms with Gasteiger partial charge in [-0.15, -0.1) is 0 Å². The number of nitrogen functional groups attached to an aromatic ring is 1. The van der Waals surface area contributed by atoms with Crippen LogP contribution in [0.15, 0.2) is 59.6 Å². The van der Waals surface area contributed by atoms with Crippen molar-refractivity contribution in [1.29, 1.82) is 0 Å². The molecule has 1 aliphatic rings. The molecule has 1 aromatic heterocycles. The van der Waals surface area contributed by atoms with Crippen molar-refractivity contribution in [1.82, 2.24) is 9.29 Å². The number of nitrogens with one attached hydrogen (secondary N) is 1. The monoisotopic (exact) mass is 371 g/mol. The van der Waals surface area contributed by atoms with Crippen LogP contribution in [0.3, 0.4) is 0 Å². The van der Waals surface area contributed by atoms with Gasteiger partial charge in [-0.3, -0.25) is 0 Å². The Labute approximate surface area is 151 Å². The summed E-state index contributed by atoms with van der Waals surface area (Å²) in [5, 5.41) is 3.82. The summed E-state index contributed by atoms with van der Waals surface area (Å²) < 4.78 is 41.4. The van der Waals surface area contributed by atoms with Crippen LogP contribution in [0.25, 0.3) is 16.5 Å². The number of fused-ring (bicyclic) bond motifs is 1. The normalized spacial score (nSPS) is 15.2. The summed E-state index contributed by atoms with van der Waals surface area (Å²) in [6, 6.07) is 10.2. The van der Waals surface area contributed by atoms with Crippen LogP contribution in [0, 0.1) is 5.82 Å². The van der Waals surface area contributed by atoms with Gasteiger partial charge in [0.25, 0.3) is 10.0 Å². The number of aromatic nitrogens is 1. The number of nitrogens with zero attached hydrogens (tertiary/aromatic N) is 1. The van der Waals surface area contributed by atoms with Crippen molar-refractivity contribution in [2.45, 2.75) is 11.3 Å². The largest absolute Gasteiger partial charge is 0.399 e. The summed E-state index contributed by atoms with van der Waals surface area (Å²) in [5.41, 5.74) is 8.38. The van der Waals surface area contributed by atoms with Crippen molar-refractivity contribution in [2.24, 2.45) is 0 Å². The second kappa shape index (κ2) is 6.26. The molecule has 0 spiro atoms. The Morgan fingerprint density at radius 3 is 2.58 bits per heavy atom. The molecule has 0 radical (unpaired) electrons. The van der Waals surface area contributed by atoms with Crippen LogP contribution in [-0.4, -0.2) is 25.5 Å². The van der Waals surface area contributed by atoms with Crippen molar-refractivity contribution in [3.05, 3.63) is 66.1 Å². The summed E-state index contributed by atoms with van der Waals surface area (Å²) in [7, 11) is -3.82. The molecule has 0 atom stereocenters. The number of rotatable bonds is 3.